The third kappa shape index (κ3) is 4.26. The van der Waals surface area contributed by atoms with Gasteiger partial charge in [0.05, 0.1) is 5.52 Å². The van der Waals surface area contributed by atoms with Gasteiger partial charge in [-0.25, -0.2) is 4.98 Å². The average molecular weight is 393 g/mol. The minimum atomic E-state index is -0.417. The maximum absolute atomic E-state index is 12.9. The van der Waals surface area contributed by atoms with E-state index in [1.807, 2.05) is 13.8 Å². The van der Waals surface area contributed by atoms with Gasteiger partial charge in [-0.3, -0.25) is 18.8 Å². The maximum Gasteiger partial charge on any atom is 0.290 e. The maximum atomic E-state index is 12.9. The highest BCUT2D eigenvalue weighted by atomic mass is 16.2. The Kier molecular flexibility index (Phi) is 5.92. The molecule has 2 heterocycles. The second-order valence-electron chi connectivity index (χ2n) is 6.43. The Morgan fingerprint density at radius 3 is 2.17 bits per heavy atom. The molecule has 0 unspecified atom stereocenters. The number of fused-ring (bicyclic) bond motifs is 1. The molecule has 29 heavy (non-hydrogen) atoms. The number of pyridine rings is 1. The number of amides is 3. The number of nitrogens with one attached hydrogen (secondary N) is 2. The normalized spacial score (nSPS) is 10.6. The van der Waals surface area contributed by atoms with Gasteiger partial charge in [0.2, 0.25) is 11.7 Å². The molecule has 8 heteroatoms. The molecule has 3 amide bonds. The summed E-state index contributed by atoms with van der Waals surface area (Å²) in [6.07, 6.45) is 1.72. The van der Waals surface area contributed by atoms with Crippen LogP contribution in [0, 0.1) is 0 Å². The zero-order valence-corrected chi connectivity index (χ0v) is 16.6. The van der Waals surface area contributed by atoms with Crippen LogP contribution in [0.25, 0.3) is 5.52 Å². The molecule has 0 spiro atoms. The van der Waals surface area contributed by atoms with Crippen molar-refractivity contribution in [2.24, 2.45) is 0 Å². The third-order valence-corrected chi connectivity index (χ3v) is 4.47. The molecule has 0 fully saturated rings. The van der Waals surface area contributed by atoms with Gasteiger partial charge in [0.25, 0.3) is 11.8 Å². The molecule has 0 saturated heterocycles. The SMILES string of the molecule is CCN(CC)C(=O)c1nc(C(=O)Nc2ccc(NC(C)=O)cc2)c2ccccn12. The molecule has 0 bridgehead atoms. The molecular formula is C21H23N5O3. The largest absolute Gasteiger partial charge is 0.337 e. The van der Waals surface area contributed by atoms with Gasteiger partial charge in [0.1, 0.15) is 0 Å². The summed E-state index contributed by atoms with van der Waals surface area (Å²) in [6, 6.07) is 12.1. The van der Waals surface area contributed by atoms with Gasteiger partial charge in [-0.05, 0) is 50.2 Å². The van der Waals surface area contributed by atoms with Crippen LogP contribution in [0.4, 0.5) is 11.4 Å². The molecule has 0 aliphatic rings. The van der Waals surface area contributed by atoms with E-state index in [2.05, 4.69) is 15.6 Å². The van der Waals surface area contributed by atoms with Crippen molar-refractivity contribution < 1.29 is 14.4 Å². The van der Waals surface area contributed by atoms with Gasteiger partial charge in [-0.1, -0.05) is 6.07 Å². The number of nitrogens with zero attached hydrogens (tertiary/aromatic N) is 3. The fourth-order valence-corrected chi connectivity index (χ4v) is 3.04. The molecule has 2 N–H and O–H groups in total. The number of hydrogen-bond acceptors (Lipinski definition) is 4. The number of imidazole rings is 1. The highest BCUT2D eigenvalue weighted by Crippen LogP contribution is 2.18. The van der Waals surface area contributed by atoms with Gasteiger partial charge >= 0.3 is 0 Å². The summed E-state index contributed by atoms with van der Waals surface area (Å²) in [7, 11) is 0. The Morgan fingerprint density at radius 1 is 0.966 bits per heavy atom. The lowest BCUT2D eigenvalue weighted by Gasteiger charge is -2.17. The Hall–Kier alpha value is -3.68. The van der Waals surface area contributed by atoms with E-state index in [-0.39, 0.29) is 23.3 Å². The zero-order valence-electron chi connectivity index (χ0n) is 16.6. The molecule has 3 aromatic rings. The minimum Gasteiger partial charge on any atom is -0.337 e. The first-order valence-corrected chi connectivity index (χ1v) is 9.40. The zero-order chi connectivity index (χ0) is 21.0. The van der Waals surface area contributed by atoms with Crippen molar-refractivity contribution in [3.63, 3.8) is 0 Å². The number of hydrogen-bond donors (Lipinski definition) is 2. The highest BCUT2D eigenvalue weighted by Gasteiger charge is 2.24. The number of rotatable bonds is 6. The first kappa shape index (κ1) is 20.1. The van der Waals surface area contributed by atoms with Crippen molar-refractivity contribution in [2.75, 3.05) is 23.7 Å². The molecule has 150 valence electrons. The van der Waals surface area contributed by atoms with Gasteiger partial charge < -0.3 is 15.5 Å². The van der Waals surface area contributed by atoms with Gasteiger partial charge in [-0.2, -0.15) is 0 Å². The smallest absolute Gasteiger partial charge is 0.290 e. The first-order chi connectivity index (χ1) is 13.9. The van der Waals surface area contributed by atoms with Crippen molar-refractivity contribution in [3.05, 3.63) is 60.2 Å². The second kappa shape index (κ2) is 8.55. The first-order valence-electron chi connectivity index (χ1n) is 9.40. The van der Waals surface area contributed by atoms with E-state index in [9.17, 15) is 14.4 Å². The van der Waals surface area contributed by atoms with E-state index < -0.39 is 5.91 Å². The predicted octanol–water partition coefficient (Wildman–Crippen LogP) is 3.03. The standard InChI is InChI=1S/C21H23N5O3/c1-4-25(5-2)21(29)19-24-18(17-8-6-7-13-26(17)19)20(28)23-16-11-9-15(10-12-16)22-14(3)27/h6-13H,4-5H2,1-3H3,(H,22,27)(H,23,28). The van der Waals surface area contributed by atoms with E-state index in [1.54, 1.807) is 58.0 Å². The van der Waals surface area contributed by atoms with Crippen molar-refractivity contribution in [1.82, 2.24) is 14.3 Å². The van der Waals surface area contributed by atoms with Crippen LogP contribution in [0.2, 0.25) is 0 Å². The topological polar surface area (TPSA) is 95.8 Å². The van der Waals surface area contributed by atoms with Crippen LogP contribution in [0.5, 0.6) is 0 Å². The summed E-state index contributed by atoms with van der Waals surface area (Å²) < 4.78 is 1.63. The lowest BCUT2D eigenvalue weighted by molar-refractivity contribution is -0.114. The number of carbonyl (C=O) groups excluding carboxylic acids is 3. The summed E-state index contributed by atoms with van der Waals surface area (Å²) in [6.45, 7) is 6.33. The number of aromatic nitrogens is 2. The molecule has 8 nitrogen and oxygen atoms in total. The van der Waals surface area contributed by atoms with Gasteiger partial charge in [0.15, 0.2) is 5.69 Å². The lowest BCUT2D eigenvalue weighted by Crippen LogP contribution is -2.32. The highest BCUT2D eigenvalue weighted by molar-refractivity contribution is 6.09. The quantitative estimate of drug-likeness (QED) is 0.673. The van der Waals surface area contributed by atoms with Gasteiger partial charge in [0, 0.05) is 37.6 Å². The van der Waals surface area contributed by atoms with E-state index in [0.29, 0.717) is 30.0 Å². The molecule has 0 radical (unpaired) electrons. The van der Waals surface area contributed by atoms with E-state index in [1.165, 1.54) is 6.92 Å². The van der Waals surface area contributed by atoms with Crippen molar-refractivity contribution >= 4 is 34.6 Å². The number of anilines is 2. The second-order valence-corrected chi connectivity index (χ2v) is 6.43. The van der Waals surface area contributed by atoms with Crippen LogP contribution in [0.15, 0.2) is 48.7 Å². The summed E-state index contributed by atoms with van der Waals surface area (Å²) in [5, 5.41) is 5.46. The summed E-state index contributed by atoms with van der Waals surface area (Å²) in [4.78, 5) is 42.8. The molecule has 2 aromatic heterocycles. The molecule has 0 saturated carbocycles. The third-order valence-electron chi connectivity index (χ3n) is 4.47. The van der Waals surface area contributed by atoms with Crippen LogP contribution in [-0.2, 0) is 4.79 Å². The Morgan fingerprint density at radius 2 is 1.59 bits per heavy atom. The van der Waals surface area contributed by atoms with Crippen molar-refractivity contribution in [1.29, 1.82) is 0 Å². The minimum absolute atomic E-state index is 0.170. The Bertz CT molecular complexity index is 1050. The predicted molar refractivity (Wildman–Crippen MR) is 111 cm³/mol. The molecule has 0 aliphatic heterocycles. The van der Waals surface area contributed by atoms with E-state index >= 15 is 0 Å². The van der Waals surface area contributed by atoms with Crippen LogP contribution in [-0.4, -0.2) is 45.1 Å². The van der Waals surface area contributed by atoms with Crippen LogP contribution in [0.1, 0.15) is 41.9 Å². The van der Waals surface area contributed by atoms with Crippen LogP contribution >= 0.6 is 0 Å². The Balaban J connectivity index is 1.90. The molecular weight excluding hydrogens is 370 g/mol. The molecule has 0 aliphatic carbocycles. The van der Waals surface area contributed by atoms with Crippen molar-refractivity contribution in [3.8, 4) is 0 Å². The Labute approximate surface area is 168 Å². The molecule has 1 aromatic carbocycles. The summed E-state index contributed by atoms with van der Waals surface area (Å²) >= 11 is 0. The fourth-order valence-electron chi connectivity index (χ4n) is 3.04. The van der Waals surface area contributed by atoms with Crippen molar-refractivity contribution in [2.45, 2.75) is 20.8 Å². The average Bonchev–Trinajstić information content (AvgIpc) is 3.10. The molecule has 0 atom stereocenters. The van der Waals surface area contributed by atoms with Crippen LogP contribution in [0.3, 0.4) is 0 Å². The lowest BCUT2D eigenvalue weighted by atomic mass is 10.2. The van der Waals surface area contributed by atoms with Gasteiger partial charge in [-0.15, -0.1) is 0 Å². The van der Waals surface area contributed by atoms with Crippen LogP contribution < -0.4 is 10.6 Å². The van der Waals surface area contributed by atoms with E-state index in [4.69, 9.17) is 0 Å². The summed E-state index contributed by atoms with van der Waals surface area (Å²) in [5.74, 6) is -0.610. The fraction of sp³-hybridized carbons (Fsp3) is 0.238. The summed E-state index contributed by atoms with van der Waals surface area (Å²) in [5.41, 5.74) is 1.91. The molecule has 3 rings (SSSR count). The number of carbonyl (C=O) groups is 3. The van der Waals surface area contributed by atoms with E-state index in [0.717, 1.165) is 0 Å². The number of benzene rings is 1. The monoisotopic (exact) mass is 393 g/mol.